The van der Waals surface area contributed by atoms with Gasteiger partial charge in [0.15, 0.2) is 12.4 Å². The maximum Gasteiger partial charge on any atom is 0.338 e. The third-order valence-electron chi connectivity index (χ3n) is 3.97. The standard InChI is InChI=1S/C20H15N5O3S/c26-19(17-10-5-11-29-17)21-15-7-4-6-14(12-15)20(27)28-13-18-22-23-24-25(18)16-8-2-1-3-9-16/h1-12H,13H2,(H,21,26). The first kappa shape index (κ1) is 18.5. The van der Waals surface area contributed by atoms with E-state index < -0.39 is 5.97 Å². The van der Waals surface area contributed by atoms with Crippen molar-refractivity contribution in [2.24, 2.45) is 0 Å². The van der Waals surface area contributed by atoms with Crippen LogP contribution in [0.2, 0.25) is 0 Å². The number of carbonyl (C=O) groups is 2. The molecule has 0 atom stereocenters. The molecule has 0 saturated heterocycles. The molecule has 9 heteroatoms. The van der Waals surface area contributed by atoms with Crippen LogP contribution >= 0.6 is 11.3 Å². The second-order valence-electron chi connectivity index (χ2n) is 5.93. The molecule has 0 aliphatic heterocycles. The number of tetrazole rings is 1. The monoisotopic (exact) mass is 405 g/mol. The van der Waals surface area contributed by atoms with Crippen molar-refractivity contribution in [3.05, 3.63) is 88.4 Å². The Morgan fingerprint density at radius 1 is 1.03 bits per heavy atom. The summed E-state index contributed by atoms with van der Waals surface area (Å²) < 4.78 is 6.86. The largest absolute Gasteiger partial charge is 0.454 e. The second-order valence-corrected chi connectivity index (χ2v) is 6.88. The summed E-state index contributed by atoms with van der Waals surface area (Å²) in [4.78, 5) is 25.2. The lowest BCUT2D eigenvalue weighted by molar-refractivity contribution is 0.0459. The zero-order valence-electron chi connectivity index (χ0n) is 15.1. The van der Waals surface area contributed by atoms with E-state index in [0.29, 0.717) is 22.0 Å². The molecule has 4 aromatic rings. The molecule has 144 valence electrons. The summed E-state index contributed by atoms with van der Waals surface area (Å²) in [6, 6.07) is 19.4. The predicted octanol–water partition coefficient (Wildman–Crippen LogP) is 3.33. The van der Waals surface area contributed by atoms with Gasteiger partial charge >= 0.3 is 5.97 Å². The Morgan fingerprint density at radius 2 is 1.90 bits per heavy atom. The van der Waals surface area contributed by atoms with Crippen molar-refractivity contribution in [3.63, 3.8) is 0 Å². The smallest absolute Gasteiger partial charge is 0.338 e. The van der Waals surface area contributed by atoms with Gasteiger partial charge in [-0.15, -0.1) is 16.4 Å². The highest BCUT2D eigenvalue weighted by atomic mass is 32.1. The zero-order chi connectivity index (χ0) is 20.1. The molecule has 2 aromatic carbocycles. The van der Waals surface area contributed by atoms with Crippen molar-refractivity contribution < 1.29 is 14.3 Å². The third kappa shape index (κ3) is 4.36. The number of carbonyl (C=O) groups excluding carboxylic acids is 2. The number of esters is 1. The number of hydrogen-bond donors (Lipinski definition) is 1. The molecular weight excluding hydrogens is 390 g/mol. The SMILES string of the molecule is O=C(OCc1nnnn1-c1ccccc1)c1cccc(NC(=O)c2cccs2)c1. The van der Waals surface area contributed by atoms with E-state index in [1.807, 2.05) is 35.7 Å². The first-order valence-corrected chi connectivity index (χ1v) is 9.53. The molecular formula is C20H15N5O3S. The van der Waals surface area contributed by atoms with Crippen LogP contribution in [0.3, 0.4) is 0 Å². The van der Waals surface area contributed by atoms with E-state index in [9.17, 15) is 9.59 Å². The summed E-state index contributed by atoms with van der Waals surface area (Å²) in [5, 5.41) is 16.1. The van der Waals surface area contributed by atoms with E-state index in [2.05, 4.69) is 20.8 Å². The third-order valence-corrected chi connectivity index (χ3v) is 4.84. The summed E-state index contributed by atoms with van der Waals surface area (Å²) in [5.41, 5.74) is 1.58. The fourth-order valence-electron chi connectivity index (χ4n) is 2.60. The van der Waals surface area contributed by atoms with E-state index >= 15 is 0 Å². The molecule has 2 heterocycles. The summed E-state index contributed by atoms with van der Waals surface area (Å²) in [5.74, 6) is -0.376. The molecule has 0 spiro atoms. The molecule has 0 radical (unpaired) electrons. The summed E-state index contributed by atoms with van der Waals surface area (Å²) >= 11 is 1.34. The molecule has 0 aliphatic carbocycles. The van der Waals surface area contributed by atoms with Crippen LogP contribution in [0.5, 0.6) is 0 Å². The molecule has 0 fully saturated rings. The topological polar surface area (TPSA) is 99.0 Å². The van der Waals surface area contributed by atoms with E-state index in [1.165, 1.54) is 16.0 Å². The minimum atomic E-state index is -0.542. The Hall–Kier alpha value is -3.85. The molecule has 2 aromatic heterocycles. The number of para-hydroxylation sites is 1. The number of anilines is 1. The minimum Gasteiger partial charge on any atom is -0.454 e. The van der Waals surface area contributed by atoms with Crippen LogP contribution in [0, 0.1) is 0 Å². The van der Waals surface area contributed by atoms with Crippen molar-refractivity contribution in [1.82, 2.24) is 20.2 Å². The fourth-order valence-corrected chi connectivity index (χ4v) is 3.22. The van der Waals surface area contributed by atoms with Gasteiger partial charge in [-0.25, -0.2) is 4.79 Å². The first-order valence-electron chi connectivity index (χ1n) is 8.65. The number of ether oxygens (including phenoxy) is 1. The number of amides is 1. The van der Waals surface area contributed by atoms with E-state index in [1.54, 1.807) is 36.4 Å². The van der Waals surface area contributed by atoms with Gasteiger partial charge in [0.05, 0.1) is 16.1 Å². The lowest BCUT2D eigenvalue weighted by Crippen LogP contribution is -2.12. The minimum absolute atomic E-state index is 0.0908. The molecule has 4 rings (SSSR count). The fraction of sp³-hybridized carbons (Fsp3) is 0.0500. The Balaban J connectivity index is 1.42. The number of nitrogens with one attached hydrogen (secondary N) is 1. The van der Waals surface area contributed by atoms with Crippen molar-refractivity contribution in [1.29, 1.82) is 0 Å². The van der Waals surface area contributed by atoms with E-state index in [0.717, 1.165) is 5.69 Å². The van der Waals surface area contributed by atoms with Crippen LogP contribution in [0.25, 0.3) is 5.69 Å². The van der Waals surface area contributed by atoms with E-state index in [4.69, 9.17) is 4.74 Å². The van der Waals surface area contributed by atoms with Crippen LogP contribution in [-0.2, 0) is 11.3 Å². The average molecular weight is 405 g/mol. The molecule has 29 heavy (non-hydrogen) atoms. The van der Waals surface area contributed by atoms with Gasteiger partial charge in [-0.1, -0.05) is 30.3 Å². The molecule has 0 aliphatic rings. The van der Waals surface area contributed by atoms with Crippen molar-refractivity contribution >= 4 is 28.9 Å². The zero-order valence-corrected chi connectivity index (χ0v) is 15.9. The Labute approximate surface area is 169 Å². The Morgan fingerprint density at radius 3 is 2.69 bits per heavy atom. The highest BCUT2D eigenvalue weighted by molar-refractivity contribution is 7.12. The summed E-state index contributed by atoms with van der Waals surface area (Å²) in [7, 11) is 0. The lowest BCUT2D eigenvalue weighted by atomic mass is 10.2. The maximum absolute atomic E-state index is 12.4. The van der Waals surface area contributed by atoms with Gasteiger partial charge in [0.2, 0.25) is 0 Å². The Kier molecular flexibility index (Phi) is 5.39. The van der Waals surface area contributed by atoms with Gasteiger partial charge in [0.25, 0.3) is 5.91 Å². The maximum atomic E-state index is 12.4. The van der Waals surface area contributed by atoms with Crippen molar-refractivity contribution in [2.75, 3.05) is 5.32 Å². The van der Waals surface area contributed by atoms with Crippen LogP contribution < -0.4 is 5.32 Å². The number of hydrogen-bond acceptors (Lipinski definition) is 7. The normalized spacial score (nSPS) is 10.5. The first-order chi connectivity index (χ1) is 14.2. The van der Waals surface area contributed by atoms with Gasteiger partial charge in [-0.2, -0.15) is 4.68 Å². The highest BCUT2D eigenvalue weighted by Gasteiger charge is 2.14. The summed E-state index contributed by atoms with van der Waals surface area (Å²) in [6.45, 7) is -0.0908. The van der Waals surface area contributed by atoms with Gasteiger partial charge in [-0.3, -0.25) is 4.79 Å². The van der Waals surface area contributed by atoms with Gasteiger partial charge in [-0.05, 0) is 52.2 Å². The summed E-state index contributed by atoms with van der Waals surface area (Å²) in [6.07, 6.45) is 0. The lowest BCUT2D eigenvalue weighted by Gasteiger charge is -2.08. The molecule has 8 nitrogen and oxygen atoms in total. The number of aromatic nitrogens is 4. The number of rotatable bonds is 6. The quantitative estimate of drug-likeness (QED) is 0.494. The number of thiophene rings is 1. The van der Waals surface area contributed by atoms with Gasteiger partial charge < -0.3 is 10.1 Å². The van der Waals surface area contributed by atoms with Crippen molar-refractivity contribution in [2.45, 2.75) is 6.61 Å². The van der Waals surface area contributed by atoms with E-state index in [-0.39, 0.29) is 12.5 Å². The molecule has 1 amide bonds. The predicted molar refractivity (Wildman–Crippen MR) is 107 cm³/mol. The van der Waals surface area contributed by atoms with Crippen LogP contribution in [-0.4, -0.2) is 32.1 Å². The number of nitrogens with zero attached hydrogens (tertiary/aromatic N) is 4. The second kappa shape index (κ2) is 8.44. The highest BCUT2D eigenvalue weighted by Crippen LogP contribution is 2.16. The van der Waals surface area contributed by atoms with Gasteiger partial charge in [0, 0.05) is 5.69 Å². The van der Waals surface area contributed by atoms with Gasteiger partial charge in [0.1, 0.15) is 0 Å². The van der Waals surface area contributed by atoms with Crippen LogP contribution in [0.1, 0.15) is 25.9 Å². The molecule has 0 saturated carbocycles. The van der Waals surface area contributed by atoms with Crippen LogP contribution in [0.15, 0.2) is 72.1 Å². The Bertz CT molecular complexity index is 1130. The molecule has 0 unspecified atom stereocenters. The number of benzene rings is 2. The average Bonchev–Trinajstić information content (AvgIpc) is 3.45. The van der Waals surface area contributed by atoms with Crippen LogP contribution in [0.4, 0.5) is 5.69 Å². The molecule has 1 N–H and O–H groups in total. The molecule has 0 bridgehead atoms. The van der Waals surface area contributed by atoms with Crippen molar-refractivity contribution in [3.8, 4) is 5.69 Å².